The Hall–Kier alpha value is -1.37. The molecule has 110 valence electrons. The summed E-state index contributed by atoms with van der Waals surface area (Å²) in [6, 6.07) is 6.17. The summed E-state index contributed by atoms with van der Waals surface area (Å²) in [4.78, 5) is 0. The van der Waals surface area contributed by atoms with Crippen molar-refractivity contribution in [3.63, 3.8) is 0 Å². The molecule has 20 heavy (non-hydrogen) atoms. The lowest BCUT2D eigenvalue weighted by Crippen LogP contribution is -2.30. The van der Waals surface area contributed by atoms with Crippen LogP contribution in [0.4, 0.5) is 0 Å². The van der Waals surface area contributed by atoms with E-state index in [1.165, 1.54) is 11.1 Å². The second kappa shape index (κ2) is 5.95. The van der Waals surface area contributed by atoms with E-state index in [0.29, 0.717) is 19.6 Å². The van der Waals surface area contributed by atoms with Gasteiger partial charge in [-0.25, -0.2) is 13.1 Å². The molecule has 0 saturated carbocycles. The molecule has 0 fully saturated rings. The molecule has 1 heterocycles. The molecule has 2 rings (SSSR count). The van der Waals surface area contributed by atoms with Crippen LogP contribution in [-0.2, 0) is 16.6 Å². The Morgan fingerprint density at radius 3 is 2.50 bits per heavy atom. The van der Waals surface area contributed by atoms with Gasteiger partial charge in [-0.1, -0.05) is 0 Å². The minimum absolute atomic E-state index is 0.372. The summed E-state index contributed by atoms with van der Waals surface area (Å²) in [7, 11) is -3.11. The maximum Gasteiger partial charge on any atom is 0.208 e. The zero-order chi connectivity index (χ0) is 14.8. The molecule has 0 aliphatic rings. The van der Waals surface area contributed by atoms with Gasteiger partial charge in [-0.05, 0) is 43.2 Å². The van der Waals surface area contributed by atoms with Crippen molar-refractivity contribution < 1.29 is 12.8 Å². The van der Waals surface area contributed by atoms with E-state index in [0.717, 1.165) is 23.0 Å². The van der Waals surface area contributed by atoms with Crippen molar-refractivity contribution in [1.82, 2.24) is 10.0 Å². The number of rotatable bonds is 6. The van der Waals surface area contributed by atoms with Crippen molar-refractivity contribution in [1.29, 1.82) is 0 Å². The third-order valence-electron chi connectivity index (χ3n) is 3.15. The van der Waals surface area contributed by atoms with Gasteiger partial charge in [0.2, 0.25) is 10.0 Å². The van der Waals surface area contributed by atoms with Crippen molar-refractivity contribution in [2.24, 2.45) is 0 Å². The van der Waals surface area contributed by atoms with Gasteiger partial charge in [-0.2, -0.15) is 0 Å². The maximum atomic E-state index is 10.9. The second-order valence-electron chi connectivity index (χ2n) is 5.03. The molecular formula is C14H20N2O3S. The van der Waals surface area contributed by atoms with Gasteiger partial charge in [0.1, 0.15) is 11.3 Å². The van der Waals surface area contributed by atoms with Crippen molar-refractivity contribution in [2.75, 3.05) is 19.3 Å². The Bertz CT molecular complexity index is 666. The number of sulfonamides is 1. The van der Waals surface area contributed by atoms with E-state index < -0.39 is 10.0 Å². The smallest absolute Gasteiger partial charge is 0.208 e. The number of furan rings is 1. The van der Waals surface area contributed by atoms with E-state index in [1.807, 2.05) is 12.1 Å². The molecule has 5 nitrogen and oxygen atoms in total. The van der Waals surface area contributed by atoms with Crippen molar-refractivity contribution in [2.45, 2.75) is 20.4 Å². The van der Waals surface area contributed by atoms with Gasteiger partial charge < -0.3 is 9.73 Å². The molecule has 1 aromatic heterocycles. The lowest BCUT2D eigenvalue weighted by molar-refractivity contribution is 0.513. The predicted molar refractivity (Wildman–Crippen MR) is 80.2 cm³/mol. The average Bonchev–Trinajstić information content (AvgIpc) is 2.69. The minimum Gasteiger partial charge on any atom is -0.460 e. The monoisotopic (exact) mass is 296 g/mol. The normalized spacial score (nSPS) is 12.2. The van der Waals surface area contributed by atoms with E-state index in [2.05, 4.69) is 30.0 Å². The summed E-state index contributed by atoms with van der Waals surface area (Å²) in [6.07, 6.45) is 1.15. The van der Waals surface area contributed by atoms with Crippen LogP contribution in [0.5, 0.6) is 0 Å². The fraction of sp³-hybridized carbons (Fsp3) is 0.429. The molecule has 0 spiro atoms. The first-order chi connectivity index (χ1) is 9.35. The molecule has 0 aliphatic carbocycles. The van der Waals surface area contributed by atoms with Gasteiger partial charge in [-0.15, -0.1) is 0 Å². The highest BCUT2D eigenvalue weighted by atomic mass is 32.2. The van der Waals surface area contributed by atoms with Crippen LogP contribution < -0.4 is 10.0 Å². The topological polar surface area (TPSA) is 71.3 Å². The zero-order valence-corrected chi connectivity index (χ0v) is 12.8. The van der Waals surface area contributed by atoms with Gasteiger partial charge in [0.15, 0.2) is 0 Å². The van der Waals surface area contributed by atoms with E-state index in [9.17, 15) is 8.42 Å². The maximum absolute atomic E-state index is 10.9. The van der Waals surface area contributed by atoms with Crippen LogP contribution >= 0.6 is 0 Å². The lowest BCUT2D eigenvalue weighted by atomic mass is 10.1. The number of hydrogen-bond acceptors (Lipinski definition) is 4. The summed E-state index contributed by atoms with van der Waals surface area (Å²) in [6.45, 7) is 5.65. The summed E-state index contributed by atoms with van der Waals surface area (Å²) < 4.78 is 30.0. The highest BCUT2D eigenvalue weighted by molar-refractivity contribution is 7.88. The van der Waals surface area contributed by atoms with Crippen molar-refractivity contribution >= 4 is 21.0 Å². The number of nitrogens with one attached hydrogen (secondary N) is 2. The lowest BCUT2D eigenvalue weighted by Gasteiger charge is -2.03. The molecule has 2 aromatic rings. The Morgan fingerprint density at radius 1 is 1.10 bits per heavy atom. The molecule has 6 heteroatoms. The van der Waals surface area contributed by atoms with Crippen LogP contribution in [-0.4, -0.2) is 27.8 Å². The van der Waals surface area contributed by atoms with E-state index >= 15 is 0 Å². The minimum atomic E-state index is -3.11. The standard InChI is InChI=1S/C14H20N2O3S/c1-10-6-12-8-13(19-14(12)7-11(10)2)9-15-4-5-16-20(3,17)18/h6-8,15-16H,4-5,9H2,1-3H3. The number of aryl methyl sites for hydroxylation is 2. The Morgan fingerprint density at radius 2 is 1.80 bits per heavy atom. The van der Waals surface area contributed by atoms with Crippen molar-refractivity contribution in [3.8, 4) is 0 Å². The van der Waals surface area contributed by atoms with Crippen LogP contribution in [0.25, 0.3) is 11.0 Å². The first-order valence-corrected chi connectivity index (χ1v) is 8.39. The fourth-order valence-electron chi connectivity index (χ4n) is 1.98. The highest BCUT2D eigenvalue weighted by Crippen LogP contribution is 2.23. The van der Waals surface area contributed by atoms with Crippen LogP contribution in [0.3, 0.4) is 0 Å². The highest BCUT2D eigenvalue weighted by Gasteiger charge is 2.05. The largest absolute Gasteiger partial charge is 0.460 e. The molecule has 1 aromatic carbocycles. The molecular weight excluding hydrogens is 276 g/mol. The summed E-state index contributed by atoms with van der Waals surface area (Å²) in [5, 5.41) is 4.24. The Balaban J connectivity index is 1.91. The SMILES string of the molecule is Cc1cc2cc(CNCCNS(C)(=O)=O)oc2cc1C. The second-order valence-corrected chi connectivity index (χ2v) is 6.86. The first-order valence-electron chi connectivity index (χ1n) is 6.50. The summed E-state index contributed by atoms with van der Waals surface area (Å²) >= 11 is 0. The summed E-state index contributed by atoms with van der Waals surface area (Å²) in [5.41, 5.74) is 3.35. The molecule has 2 N–H and O–H groups in total. The first kappa shape index (κ1) is 15.0. The van der Waals surface area contributed by atoms with Crippen LogP contribution in [0.2, 0.25) is 0 Å². The van der Waals surface area contributed by atoms with Crippen LogP contribution in [0.15, 0.2) is 22.6 Å². The van der Waals surface area contributed by atoms with Gasteiger partial charge in [0.05, 0.1) is 12.8 Å². The van der Waals surface area contributed by atoms with Gasteiger partial charge in [0.25, 0.3) is 0 Å². The van der Waals surface area contributed by atoms with E-state index in [4.69, 9.17) is 4.42 Å². The van der Waals surface area contributed by atoms with Crippen molar-refractivity contribution in [3.05, 3.63) is 35.1 Å². The zero-order valence-electron chi connectivity index (χ0n) is 12.0. The number of fused-ring (bicyclic) bond motifs is 1. The molecule has 0 amide bonds. The Kier molecular flexibility index (Phi) is 4.47. The van der Waals surface area contributed by atoms with Gasteiger partial charge >= 0.3 is 0 Å². The van der Waals surface area contributed by atoms with Gasteiger partial charge in [-0.3, -0.25) is 0 Å². The van der Waals surface area contributed by atoms with Crippen LogP contribution in [0, 0.1) is 13.8 Å². The number of benzene rings is 1. The van der Waals surface area contributed by atoms with E-state index in [-0.39, 0.29) is 0 Å². The van der Waals surface area contributed by atoms with E-state index in [1.54, 1.807) is 0 Å². The fourth-order valence-corrected chi connectivity index (χ4v) is 2.45. The summed E-state index contributed by atoms with van der Waals surface area (Å²) in [5.74, 6) is 0.851. The van der Waals surface area contributed by atoms with Crippen LogP contribution in [0.1, 0.15) is 16.9 Å². The molecule has 0 atom stereocenters. The molecule has 0 unspecified atom stereocenters. The predicted octanol–water partition coefficient (Wildman–Crippen LogP) is 1.69. The quantitative estimate of drug-likeness (QED) is 0.796. The Labute approximate surface area is 119 Å². The third-order valence-corrected chi connectivity index (χ3v) is 3.88. The van der Waals surface area contributed by atoms with Gasteiger partial charge in [0, 0.05) is 18.5 Å². The molecule has 0 radical (unpaired) electrons. The molecule has 0 saturated heterocycles. The third kappa shape index (κ3) is 4.06. The number of hydrogen-bond donors (Lipinski definition) is 2. The average molecular weight is 296 g/mol. The molecule has 0 aliphatic heterocycles. The molecule has 0 bridgehead atoms.